The Bertz CT molecular complexity index is 239. The maximum Gasteiger partial charge on any atom is 0.0626 e. The van der Waals surface area contributed by atoms with E-state index in [-0.39, 0.29) is 12.1 Å². The highest BCUT2D eigenvalue weighted by Crippen LogP contribution is 2.38. The van der Waals surface area contributed by atoms with Gasteiger partial charge in [-0.25, -0.2) is 0 Å². The number of likely N-dealkylation sites (N-methyl/N-ethyl adjacent to an activating group) is 1. The molecule has 1 heterocycles. The molecule has 0 spiro atoms. The lowest BCUT2D eigenvalue weighted by Crippen LogP contribution is -2.54. The predicted octanol–water partition coefficient (Wildman–Crippen LogP) is 0.114. The molecule has 1 unspecified atom stereocenters. The highest BCUT2D eigenvalue weighted by Gasteiger charge is 2.42. The number of hydrogen-bond acceptors (Lipinski definition) is 4. The molecule has 2 fully saturated rings. The molecule has 1 saturated carbocycles. The van der Waals surface area contributed by atoms with E-state index in [1.807, 2.05) is 0 Å². The standard InChI is InChI=1S/C13H27N3O/c1-15(8-9-16-6-2-3-7-16)10-13(14,11-17)12-4-5-12/h12,17H,2-11,14H2,1H3. The fourth-order valence-electron chi connectivity index (χ4n) is 2.87. The molecule has 0 radical (unpaired) electrons. The lowest BCUT2D eigenvalue weighted by atomic mass is 9.95. The second-order valence-corrected chi connectivity index (χ2v) is 5.95. The summed E-state index contributed by atoms with van der Waals surface area (Å²) in [5.74, 6) is 0.543. The molecule has 3 N–H and O–H groups in total. The Morgan fingerprint density at radius 1 is 1.35 bits per heavy atom. The van der Waals surface area contributed by atoms with Gasteiger partial charge in [-0.3, -0.25) is 0 Å². The number of aliphatic hydroxyl groups is 1. The first-order valence-electron chi connectivity index (χ1n) is 6.95. The summed E-state index contributed by atoms with van der Waals surface area (Å²) in [6.07, 6.45) is 5.08. The highest BCUT2D eigenvalue weighted by atomic mass is 16.3. The van der Waals surface area contributed by atoms with Gasteiger partial charge in [-0.05, 0) is 51.7 Å². The van der Waals surface area contributed by atoms with Crippen LogP contribution in [0.1, 0.15) is 25.7 Å². The molecular weight excluding hydrogens is 214 g/mol. The van der Waals surface area contributed by atoms with Crippen molar-refractivity contribution in [3.05, 3.63) is 0 Å². The van der Waals surface area contributed by atoms with Crippen molar-refractivity contribution in [1.29, 1.82) is 0 Å². The van der Waals surface area contributed by atoms with Crippen LogP contribution in [0.5, 0.6) is 0 Å². The van der Waals surface area contributed by atoms with Crippen molar-refractivity contribution in [2.45, 2.75) is 31.2 Å². The van der Waals surface area contributed by atoms with Gasteiger partial charge in [0.2, 0.25) is 0 Å². The quantitative estimate of drug-likeness (QED) is 0.664. The van der Waals surface area contributed by atoms with Gasteiger partial charge in [-0.1, -0.05) is 0 Å². The van der Waals surface area contributed by atoms with Crippen LogP contribution in [-0.2, 0) is 0 Å². The van der Waals surface area contributed by atoms with Gasteiger partial charge in [0.15, 0.2) is 0 Å². The van der Waals surface area contributed by atoms with E-state index in [1.165, 1.54) is 38.8 Å². The molecule has 4 nitrogen and oxygen atoms in total. The van der Waals surface area contributed by atoms with Gasteiger partial charge >= 0.3 is 0 Å². The summed E-state index contributed by atoms with van der Waals surface area (Å²) in [7, 11) is 2.12. The number of nitrogens with two attached hydrogens (primary N) is 1. The molecule has 1 aliphatic heterocycles. The SMILES string of the molecule is CN(CCN1CCCC1)CC(N)(CO)C1CC1. The van der Waals surface area contributed by atoms with Gasteiger partial charge in [0.1, 0.15) is 0 Å². The smallest absolute Gasteiger partial charge is 0.0626 e. The van der Waals surface area contributed by atoms with Gasteiger partial charge in [0, 0.05) is 19.6 Å². The van der Waals surface area contributed by atoms with Gasteiger partial charge in [0.05, 0.1) is 12.1 Å². The molecule has 17 heavy (non-hydrogen) atoms. The summed E-state index contributed by atoms with van der Waals surface area (Å²) >= 11 is 0. The van der Waals surface area contributed by atoms with Crippen LogP contribution >= 0.6 is 0 Å². The van der Waals surface area contributed by atoms with E-state index in [1.54, 1.807) is 0 Å². The third-order valence-corrected chi connectivity index (χ3v) is 4.25. The molecule has 4 heteroatoms. The molecule has 0 amide bonds. The van der Waals surface area contributed by atoms with Crippen molar-refractivity contribution in [3.63, 3.8) is 0 Å². The Hall–Kier alpha value is -0.160. The van der Waals surface area contributed by atoms with E-state index in [0.717, 1.165) is 19.6 Å². The van der Waals surface area contributed by atoms with Crippen molar-refractivity contribution in [2.24, 2.45) is 11.7 Å². The zero-order valence-electron chi connectivity index (χ0n) is 11.1. The number of likely N-dealkylation sites (tertiary alicyclic amines) is 1. The fourth-order valence-corrected chi connectivity index (χ4v) is 2.87. The third-order valence-electron chi connectivity index (χ3n) is 4.25. The third kappa shape index (κ3) is 3.65. The molecule has 1 atom stereocenters. The molecule has 0 aromatic heterocycles. The van der Waals surface area contributed by atoms with Crippen molar-refractivity contribution in [1.82, 2.24) is 9.80 Å². The van der Waals surface area contributed by atoms with Crippen molar-refractivity contribution < 1.29 is 5.11 Å². The fraction of sp³-hybridized carbons (Fsp3) is 1.00. The number of aliphatic hydroxyl groups excluding tert-OH is 1. The van der Waals surface area contributed by atoms with Crippen molar-refractivity contribution in [3.8, 4) is 0 Å². The monoisotopic (exact) mass is 241 g/mol. The van der Waals surface area contributed by atoms with Crippen molar-refractivity contribution >= 4 is 0 Å². The van der Waals surface area contributed by atoms with Crippen LogP contribution in [0.3, 0.4) is 0 Å². The Kier molecular flexibility index (Phi) is 4.42. The molecule has 2 aliphatic rings. The second-order valence-electron chi connectivity index (χ2n) is 5.95. The van der Waals surface area contributed by atoms with Crippen LogP contribution in [0.25, 0.3) is 0 Å². The van der Waals surface area contributed by atoms with Crippen LogP contribution in [0.4, 0.5) is 0 Å². The average Bonchev–Trinajstić information content (AvgIpc) is 3.05. The van der Waals surface area contributed by atoms with Crippen LogP contribution in [0.15, 0.2) is 0 Å². The average molecular weight is 241 g/mol. The molecule has 0 aromatic rings. The van der Waals surface area contributed by atoms with Crippen LogP contribution in [0, 0.1) is 5.92 Å². The summed E-state index contributed by atoms with van der Waals surface area (Å²) in [6.45, 7) is 5.65. The van der Waals surface area contributed by atoms with Gasteiger partial charge < -0.3 is 20.6 Å². The maximum atomic E-state index is 9.46. The van der Waals surface area contributed by atoms with Gasteiger partial charge in [-0.15, -0.1) is 0 Å². The van der Waals surface area contributed by atoms with Gasteiger partial charge in [-0.2, -0.15) is 0 Å². The molecule has 0 aromatic carbocycles. The van der Waals surface area contributed by atoms with E-state index in [0.29, 0.717) is 5.92 Å². The first kappa shape index (κ1) is 13.3. The molecule has 100 valence electrons. The Morgan fingerprint density at radius 2 is 2.00 bits per heavy atom. The first-order chi connectivity index (χ1) is 8.14. The summed E-state index contributed by atoms with van der Waals surface area (Å²) in [5.41, 5.74) is 5.92. The molecule has 2 rings (SSSR count). The van der Waals surface area contributed by atoms with Crippen LogP contribution in [0.2, 0.25) is 0 Å². The second kappa shape index (κ2) is 5.65. The Labute approximate surface area is 105 Å². The molecular formula is C13H27N3O. The minimum Gasteiger partial charge on any atom is -0.394 e. The minimum atomic E-state index is -0.361. The lowest BCUT2D eigenvalue weighted by Gasteiger charge is -2.33. The van der Waals surface area contributed by atoms with Crippen LogP contribution in [-0.4, -0.2) is 66.8 Å². The highest BCUT2D eigenvalue weighted by molar-refractivity contribution is 5.00. The summed E-state index contributed by atoms with van der Waals surface area (Å²) in [5, 5.41) is 9.46. The molecule has 0 bridgehead atoms. The summed E-state index contributed by atoms with van der Waals surface area (Å²) in [4.78, 5) is 4.80. The normalized spacial score (nSPS) is 25.4. The predicted molar refractivity (Wildman–Crippen MR) is 69.9 cm³/mol. The maximum absolute atomic E-state index is 9.46. The van der Waals surface area contributed by atoms with E-state index < -0.39 is 0 Å². The van der Waals surface area contributed by atoms with Gasteiger partial charge in [0.25, 0.3) is 0 Å². The van der Waals surface area contributed by atoms with E-state index >= 15 is 0 Å². The summed E-state index contributed by atoms with van der Waals surface area (Å²) in [6, 6.07) is 0. The number of nitrogens with zero attached hydrogens (tertiary/aromatic N) is 2. The first-order valence-corrected chi connectivity index (χ1v) is 6.95. The minimum absolute atomic E-state index is 0.117. The van der Waals surface area contributed by atoms with Crippen molar-refractivity contribution in [2.75, 3.05) is 46.4 Å². The van der Waals surface area contributed by atoms with E-state index in [2.05, 4.69) is 16.8 Å². The molecule has 1 aliphatic carbocycles. The van der Waals surface area contributed by atoms with E-state index in [4.69, 9.17) is 5.73 Å². The number of hydrogen-bond donors (Lipinski definition) is 2. The Morgan fingerprint density at radius 3 is 2.53 bits per heavy atom. The summed E-state index contributed by atoms with van der Waals surface area (Å²) < 4.78 is 0. The number of rotatable bonds is 7. The topological polar surface area (TPSA) is 52.7 Å². The Balaban J connectivity index is 1.69. The zero-order chi connectivity index (χ0) is 12.3. The van der Waals surface area contributed by atoms with Crippen LogP contribution < -0.4 is 5.73 Å². The lowest BCUT2D eigenvalue weighted by molar-refractivity contribution is 0.128. The molecule has 1 saturated heterocycles. The zero-order valence-corrected chi connectivity index (χ0v) is 11.1. The largest absolute Gasteiger partial charge is 0.394 e. The van der Waals surface area contributed by atoms with E-state index in [9.17, 15) is 5.11 Å².